The molecule has 2 rings (SSSR count). The van der Waals surface area contributed by atoms with E-state index in [9.17, 15) is 9.90 Å². The monoisotopic (exact) mass is 290 g/mol. The fourth-order valence-corrected chi connectivity index (χ4v) is 2.87. The minimum atomic E-state index is -0.187. The molecule has 0 radical (unpaired) electrons. The quantitative estimate of drug-likeness (QED) is 0.713. The zero-order valence-corrected chi connectivity index (χ0v) is 12.6. The summed E-state index contributed by atoms with van der Waals surface area (Å²) in [5.41, 5.74) is 1.13. The fourth-order valence-electron chi connectivity index (χ4n) is 2.87. The Morgan fingerprint density at radius 3 is 2.67 bits per heavy atom. The molecule has 1 aliphatic heterocycles. The van der Waals surface area contributed by atoms with Crippen molar-refractivity contribution in [3.05, 3.63) is 35.9 Å². The Balaban J connectivity index is 1.71. The lowest BCUT2D eigenvalue weighted by Crippen LogP contribution is -2.39. The lowest BCUT2D eigenvalue weighted by molar-refractivity contribution is -0.122. The number of rotatable bonds is 7. The predicted molar refractivity (Wildman–Crippen MR) is 84.0 cm³/mol. The van der Waals surface area contributed by atoms with Crippen molar-refractivity contribution in [2.24, 2.45) is 5.92 Å². The van der Waals surface area contributed by atoms with Crippen LogP contribution in [-0.4, -0.2) is 36.8 Å². The van der Waals surface area contributed by atoms with Gasteiger partial charge in [0.15, 0.2) is 0 Å². The van der Waals surface area contributed by atoms with Crippen LogP contribution in [0.1, 0.15) is 31.2 Å². The van der Waals surface area contributed by atoms with Gasteiger partial charge in [-0.25, -0.2) is 0 Å². The summed E-state index contributed by atoms with van der Waals surface area (Å²) in [6, 6.07) is 9.77. The van der Waals surface area contributed by atoms with Crippen LogP contribution < -0.4 is 10.6 Å². The number of aliphatic hydroxyl groups is 1. The van der Waals surface area contributed by atoms with Crippen molar-refractivity contribution in [1.29, 1.82) is 0 Å². The predicted octanol–water partition coefficient (Wildman–Crippen LogP) is 1.49. The fraction of sp³-hybridized carbons (Fsp3) is 0.588. The summed E-state index contributed by atoms with van der Waals surface area (Å²) in [7, 11) is 0. The number of benzene rings is 1. The Morgan fingerprint density at radius 2 is 2.00 bits per heavy atom. The minimum absolute atomic E-state index is 0.0199. The van der Waals surface area contributed by atoms with Gasteiger partial charge >= 0.3 is 0 Å². The molecule has 0 bridgehead atoms. The topological polar surface area (TPSA) is 61.4 Å². The minimum Gasteiger partial charge on any atom is -0.394 e. The van der Waals surface area contributed by atoms with E-state index in [-0.39, 0.29) is 18.6 Å². The molecule has 0 aliphatic carbocycles. The number of carbonyl (C=O) groups is 1. The maximum atomic E-state index is 12.0. The molecule has 1 heterocycles. The maximum absolute atomic E-state index is 12.0. The summed E-state index contributed by atoms with van der Waals surface area (Å²) in [6.07, 6.45) is 4.53. The number of carbonyl (C=O) groups excluding carboxylic acids is 1. The number of amides is 1. The third-order valence-electron chi connectivity index (χ3n) is 4.15. The molecular formula is C17H26N2O2. The van der Waals surface area contributed by atoms with Crippen LogP contribution in [0, 0.1) is 5.92 Å². The Hall–Kier alpha value is -1.39. The zero-order valence-electron chi connectivity index (χ0n) is 12.6. The summed E-state index contributed by atoms with van der Waals surface area (Å²) in [6.45, 7) is 2.12. The highest BCUT2D eigenvalue weighted by Crippen LogP contribution is 2.17. The molecule has 1 aromatic carbocycles. The Morgan fingerprint density at radius 1 is 1.29 bits per heavy atom. The highest BCUT2D eigenvalue weighted by Gasteiger charge is 2.16. The number of piperidine rings is 1. The number of hydrogen-bond acceptors (Lipinski definition) is 3. The van der Waals surface area contributed by atoms with Gasteiger partial charge in [0.25, 0.3) is 0 Å². The first-order chi connectivity index (χ1) is 10.3. The van der Waals surface area contributed by atoms with Crippen molar-refractivity contribution in [1.82, 2.24) is 10.6 Å². The molecule has 1 fully saturated rings. The van der Waals surface area contributed by atoms with Gasteiger partial charge < -0.3 is 15.7 Å². The standard InChI is InChI=1S/C17H26N2O2/c20-13-16(12-15-4-2-1-3-5-15)19-17(21)7-6-14-8-10-18-11-9-14/h1-5,14,16,18,20H,6-13H2,(H,19,21)/t16-/m1/s1. The van der Waals surface area contributed by atoms with Gasteiger partial charge in [-0.3, -0.25) is 4.79 Å². The molecule has 4 nitrogen and oxygen atoms in total. The SMILES string of the molecule is O=C(CCC1CCNCC1)N[C@@H](CO)Cc1ccccc1. The van der Waals surface area contributed by atoms with E-state index >= 15 is 0 Å². The van der Waals surface area contributed by atoms with Crippen LogP contribution in [0.4, 0.5) is 0 Å². The van der Waals surface area contributed by atoms with E-state index in [1.165, 1.54) is 12.8 Å². The molecule has 0 spiro atoms. The molecule has 1 amide bonds. The van der Waals surface area contributed by atoms with Gasteiger partial charge in [0.05, 0.1) is 12.6 Å². The van der Waals surface area contributed by atoms with E-state index in [2.05, 4.69) is 10.6 Å². The normalized spacial score (nSPS) is 17.4. The van der Waals surface area contributed by atoms with E-state index in [1.807, 2.05) is 30.3 Å². The van der Waals surface area contributed by atoms with E-state index in [4.69, 9.17) is 0 Å². The lowest BCUT2D eigenvalue weighted by Gasteiger charge is -2.23. The Kier molecular flexibility index (Phi) is 6.70. The largest absolute Gasteiger partial charge is 0.394 e. The first-order valence-corrected chi connectivity index (χ1v) is 7.93. The van der Waals surface area contributed by atoms with Crippen molar-refractivity contribution >= 4 is 5.91 Å². The molecule has 1 aromatic rings. The van der Waals surface area contributed by atoms with Crippen molar-refractivity contribution in [2.45, 2.75) is 38.1 Å². The molecule has 116 valence electrons. The summed E-state index contributed by atoms with van der Waals surface area (Å²) < 4.78 is 0. The molecule has 1 atom stereocenters. The van der Waals surface area contributed by atoms with Gasteiger partial charge in [0, 0.05) is 6.42 Å². The van der Waals surface area contributed by atoms with E-state index in [0.717, 1.165) is 25.1 Å². The van der Waals surface area contributed by atoms with Crippen LogP contribution in [0.15, 0.2) is 30.3 Å². The Bertz CT molecular complexity index is 416. The first-order valence-electron chi connectivity index (χ1n) is 7.93. The molecule has 0 saturated carbocycles. The molecule has 21 heavy (non-hydrogen) atoms. The van der Waals surface area contributed by atoms with Gasteiger partial charge in [0.1, 0.15) is 0 Å². The van der Waals surface area contributed by atoms with Gasteiger partial charge in [-0.1, -0.05) is 30.3 Å². The highest BCUT2D eigenvalue weighted by atomic mass is 16.3. The molecular weight excluding hydrogens is 264 g/mol. The molecule has 1 aliphatic rings. The van der Waals surface area contributed by atoms with Crippen LogP contribution in [0.5, 0.6) is 0 Å². The van der Waals surface area contributed by atoms with Gasteiger partial charge in [-0.15, -0.1) is 0 Å². The van der Waals surface area contributed by atoms with Crippen molar-refractivity contribution < 1.29 is 9.90 Å². The molecule has 4 heteroatoms. The average Bonchev–Trinajstić information content (AvgIpc) is 2.54. The number of nitrogens with one attached hydrogen (secondary N) is 2. The van der Waals surface area contributed by atoms with E-state index in [0.29, 0.717) is 18.8 Å². The van der Waals surface area contributed by atoms with E-state index < -0.39 is 0 Å². The van der Waals surface area contributed by atoms with Crippen LogP contribution in [0.3, 0.4) is 0 Å². The van der Waals surface area contributed by atoms with E-state index in [1.54, 1.807) is 0 Å². The Labute approximate surface area is 126 Å². The number of hydrogen-bond donors (Lipinski definition) is 3. The molecule has 3 N–H and O–H groups in total. The second-order valence-corrected chi connectivity index (χ2v) is 5.87. The zero-order chi connectivity index (χ0) is 14.9. The highest BCUT2D eigenvalue weighted by molar-refractivity contribution is 5.76. The summed E-state index contributed by atoms with van der Waals surface area (Å²) >= 11 is 0. The van der Waals surface area contributed by atoms with Crippen LogP contribution >= 0.6 is 0 Å². The summed E-state index contributed by atoms with van der Waals surface area (Å²) in [4.78, 5) is 12.0. The average molecular weight is 290 g/mol. The van der Waals surface area contributed by atoms with Crippen molar-refractivity contribution in [3.63, 3.8) is 0 Å². The third-order valence-corrected chi connectivity index (χ3v) is 4.15. The lowest BCUT2D eigenvalue weighted by atomic mass is 9.93. The summed E-state index contributed by atoms with van der Waals surface area (Å²) in [5.74, 6) is 0.724. The number of aliphatic hydroxyl groups excluding tert-OH is 1. The third kappa shape index (κ3) is 5.86. The molecule has 1 saturated heterocycles. The summed E-state index contributed by atoms with van der Waals surface area (Å²) in [5, 5.41) is 15.7. The van der Waals surface area contributed by atoms with Crippen LogP contribution in [0.2, 0.25) is 0 Å². The maximum Gasteiger partial charge on any atom is 0.220 e. The first kappa shape index (κ1) is 16.0. The van der Waals surface area contributed by atoms with Crippen molar-refractivity contribution in [3.8, 4) is 0 Å². The van der Waals surface area contributed by atoms with Crippen LogP contribution in [0.25, 0.3) is 0 Å². The molecule has 0 aromatic heterocycles. The smallest absolute Gasteiger partial charge is 0.220 e. The second-order valence-electron chi connectivity index (χ2n) is 5.87. The van der Waals surface area contributed by atoms with Gasteiger partial charge in [-0.05, 0) is 50.3 Å². The van der Waals surface area contributed by atoms with Crippen molar-refractivity contribution in [2.75, 3.05) is 19.7 Å². The molecule has 0 unspecified atom stereocenters. The van der Waals surface area contributed by atoms with Gasteiger partial charge in [-0.2, -0.15) is 0 Å². The second kappa shape index (κ2) is 8.80. The van der Waals surface area contributed by atoms with Crippen LogP contribution in [-0.2, 0) is 11.2 Å². The van der Waals surface area contributed by atoms with Gasteiger partial charge in [0.2, 0.25) is 5.91 Å².